The third-order valence-electron chi connectivity index (χ3n) is 3.82. The molecule has 0 saturated carbocycles. The number of rotatable bonds is 2. The van der Waals surface area contributed by atoms with Crippen LogP contribution in [0.5, 0.6) is 5.75 Å². The van der Waals surface area contributed by atoms with Gasteiger partial charge in [0.15, 0.2) is 0 Å². The Labute approximate surface area is 115 Å². The van der Waals surface area contributed by atoms with Crippen LogP contribution in [0, 0.1) is 5.92 Å². The van der Waals surface area contributed by atoms with E-state index in [1.54, 1.807) is 7.11 Å². The van der Waals surface area contributed by atoms with Gasteiger partial charge in [-0.1, -0.05) is 11.6 Å². The number of aryl methyl sites for hydroxylation is 1. The maximum atomic E-state index is 11.1. The molecule has 0 aliphatic heterocycles. The third kappa shape index (κ3) is 1.87. The number of methoxy groups -OCH3 is 1. The molecule has 100 valence electrons. The van der Waals surface area contributed by atoms with Gasteiger partial charge >= 0.3 is 5.97 Å². The molecule has 3 rings (SSSR count). The molecule has 0 saturated heterocycles. The molecule has 2 aromatic rings. The first-order chi connectivity index (χ1) is 9.11. The molecular formula is C14H14ClNO3. The summed E-state index contributed by atoms with van der Waals surface area (Å²) in [7, 11) is 1.61. The van der Waals surface area contributed by atoms with E-state index in [4.69, 9.17) is 21.4 Å². The summed E-state index contributed by atoms with van der Waals surface area (Å²) in [4.78, 5) is 14.4. The minimum Gasteiger partial charge on any atom is -0.495 e. The number of nitrogens with one attached hydrogen (secondary N) is 1. The minimum absolute atomic E-state index is 0.315. The van der Waals surface area contributed by atoms with Crippen LogP contribution in [0.3, 0.4) is 0 Å². The maximum Gasteiger partial charge on any atom is 0.306 e. The van der Waals surface area contributed by atoms with Crippen LogP contribution >= 0.6 is 11.6 Å². The number of halogens is 1. The highest BCUT2D eigenvalue weighted by molar-refractivity contribution is 6.36. The molecular weight excluding hydrogens is 266 g/mol. The van der Waals surface area contributed by atoms with Gasteiger partial charge < -0.3 is 14.8 Å². The van der Waals surface area contributed by atoms with Crippen molar-refractivity contribution in [3.05, 3.63) is 28.4 Å². The number of carboxylic acids is 1. The zero-order valence-corrected chi connectivity index (χ0v) is 11.3. The second kappa shape index (κ2) is 4.46. The van der Waals surface area contributed by atoms with Crippen molar-refractivity contribution >= 4 is 28.5 Å². The second-order valence-electron chi connectivity index (χ2n) is 4.86. The van der Waals surface area contributed by atoms with Crippen molar-refractivity contribution in [1.29, 1.82) is 0 Å². The zero-order valence-electron chi connectivity index (χ0n) is 10.5. The average molecular weight is 280 g/mol. The molecule has 0 fully saturated rings. The van der Waals surface area contributed by atoms with E-state index in [0.717, 1.165) is 34.3 Å². The Morgan fingerprint density at radius 1 is 1.53 bits per heavy atom. The summed E-state index contributed by atoms with van der Waals surface area (Å²) in [6, 6.07) is 3.64. The number of aromatic amines is 1. The summed E-state index contributed by atoms with van der Waals surface area (Å²) in [6.45, 7) is 0. The fraction of sp³-hybridized carbons (Fsp3) is 0.357. The molecule has 1 atom stereocenters. The van der Waals surface area contributed by atoms with Crippen LogP contribution in [-0.2, 0) is 17.6 Å². The summed E-state index contributed by atoms with van der Waals surface area (Å²) in [6.07, 6.45) is 1.92. The maximum absolute atomic E-state index is 11.1. The van der Waals surface area contributed by atoms with Gasteiger partial charge in [0.2, 0.25) is 0 Å². The molecule has 0 amide bonds. The monoisotopic (exact) mass is 279 g/mol. The SMILES string of the molecule is COc1ccc(Cl)c2c3c([nH]c12)CC(C(=O)O)CC3. The number of hydrogen-bond acceptors (Lipinski definition) is 2. The van der Waals surface area contributed by atoms with Crippen LogP contribution in [0.4, 0.5) is 0 Å². The van der Waals surface area contributed by atoms with Crippen molar-refractivity contribution in [1.82, 2.24) is 4.98 Å². The fourth-order valence-corrected chi connectivity index (χ4v) is 3.12. The molecule has 1 aliphatic rings. The summed E-state index contributed by atoms with van der Waals surface area (Å²) < 4.78 is 5.33. The first-order valence-corrected chi connectivity index (χ1v) is 6.58. The van der Waals surface area contributed by atoms with Crippen LogP contribution in [0.1, 0.15) is 17.7 Å². The van der Waals surface area contributed by atoms with Crippen molar-refractivity contribution in [2.75, 3.05) is 7.11 Å². The zero-order chi connectivity index (χ0) is 13.6. The Morgan fingerprint density at radius 3 is 3.00 bits per heavy atom. The summed E-state index contributed by atoms with van der Waals surface area (Å²) in [5.41, 5.74) is 2.97. The van der Waals surface area contributed by atoms with Crippen LogP contribution in [0.2, 0.25) is 5.02 Å². The quantitative estimate of drug-likeness (QED) is 0.888. The van der Waals surface area contributed by atoms with E-state index >= 15 is 0 Å². The van der Waals surface area contributed by atoms with E-state index in [2.05, 4.69) is 4.98 Å². The molecule has 1 aliphatic carbocycles. The fourth-order valence-electron chi connectivity index (χ4n) is 2.85. The largest absolute Gasteiger partial charge is 0.495 e. The summed E-state index contributed by atoms with van der Waals surface area (Å²) >= 11 is 6.27. The van der Waals surface area contributed by atoms with Crippen LogP contribution in [0.25, 0.3) is 10.9 Å². The van der Waals surface area contributed by atoms with E-state index in [1.165, 1.54) is 0 Å². The van der Waals surface area contributed by atoms with Crippen molar-refractivity contribution in [3.8, 4) is 5.75 Å². The number of fused-ring (bicyclic) bond motifs is 3. The number of aliphatic carboxylic acids is 1. The number of benzene rings is 1. The number of ether oxygens (including phenoxy) is 1. The van der Waals surface area contributed by atoms with Crippen molar-refractivity contribution in [3.63, 3.8) is 0 Å². The normalized spacial score (nSPS) is 18.3. The van der Waals surface area contributed by atoms with Crippen LogP contribution < -0.4 is 4.74 Å². The molecule has 1 heterocycles. The van der Waals surface area contributed by atoms with E-state index in [-0.39, 0.29) is 5.92 Å². The Morgan fingerprint density at radius 2 is 2.32 bits per heavy atom. The second-order valence-corrected chi connectivity index (χ2v) is 5.27. The summed E-state index contributed by atoms with van der Waals surface area (Å²) in [5.74, 6) is -0.312. The van der Waals surface area contributed by atoms with Crippen LogP contribution in [-0.4, -0.2) is 23.2 Å². The number of carboxylic acid groups (broad SMARTS) is 1. The predicted molar refractivity (Wildman–Crippen MR) is 73.0 cm³/mol. The predicted octanol–water partition coefficient (Wildman–Crippen LogP) is 3.02. The molecule has 1 unspecified atom stereocenters. The number of aromatic nitrogens is 1. The van der Waals surface area contributed by atoms with Gasteiger partial charge in [-0.3, -0.25) is 4.79 Å². The van der Waals surface area contributed by atoms with Crippen molar-refractivity contribution in [2.45, 2.75) is 19.3 Å². The molecule has 1 aromatic carbocycles. The van der Waals surface area contributed by atoms with Gasteiger partial charge in [0.05, 0.1) is 23.6 Å². The molecule has 0 radical (unpaired) electrons. The van der Waals surface area contributed by atoms with E-state index in [1.807, 2.05) is 12.1 Å². The average Bonchev–Trinajstić information content (AvgIpc) is 2.78. The molecule has 0 bridgehead atoms. The van der Waals surface area contributed by atoms with Gasteiger partial charge in [-0.15, -0.1) is 0 Å². The third-order valence-corrected chi connectivity index (χ3v) is 4.14. The molecule has 19 heavy (non-hydrogen) atoms. The molecule has 0 spiro atoms. The minimum atomic E-state index is -0.734. The lowest BCUT2D eigenvalue weighted by Gasteiger charge is -2.18. The van der Waals surface area contributed by atoms with Crippen molar-refractivity contribution < 1.29 is 14.6 Å². The molecule has 4 nitrogen and oxygen atoms in total. The topological polar surface area (TPSA) is 62.3 Å². The Hall–Kier alpha value is -1.68. The Kier molecular flexibility index (Phi) is 2.90. The van der Waals surface area contributed by atoms with Gasteiger partial charge in [0.25, 0.3) is 0 Å². The van der Waals surface area contributed by atoms with Gasteiger partial charge in [-0.25, -0.2) is 0 Å². The lowest BCUT2D eigenvalue weighted by atomic mass is 9.87. The smallest absolute Gasteiger partial charge is 0.306 e. The van der Waals surface area contributed by atoms with Gasteiger partial charge in [-0.05, 0) is 30.5 Å². The highest BCUT2D eigenvalue weighted by atomic mass is 35.5. The lowest BCUT2D eigenvalue weighted by molar-refractivity contribution is -0.142. The molecule has 2 N–H and O–H groups in total. The molecule has 1 aromatic heterocycles. The number of hydrogen-bond donors (Lipinski definition) is 2. The lowest BCUT2D eigenvalue weighted by Crippen LogP contribution is -2.21. The first kappa shape index (κ1) is 12.4. The number of H-pyrrole nitrogens is 1. The highest BCUT2D eigenvalue weighted by Crippen LogP contribution is 2.39. The number of carbonyl (C=O) groups is 1. The van der Waals surface area contributed by atoms with Gasteiger partial charge in [0, 0.05) is 17.5 Å². The highest BCUT2D eigenvalue weighted by Gasteiger charge is 2.28. The first-order valence-electron chi connectivity index (χ1n) is 6.20. The Balaban J connectivity index is 2.18. The van der Waals surface area contributed by atoms with E-state index in [0.29, 0.717) is 17.9 Å². The van der Waals surface area contributed by atoms with Crippen molar-refractivity contribution in [2.24, 2.45) is 5.92 Å². The summed E-state index contributed by atoms with van der Waals surface area (Å²) in [5, 5.41) is 10.8. The van der Waals surface area contributed by atoms with Crippen LogP contribution in [0.15, 0.2) is 12.1 Å². The van der Waals surface area contributed by atoms with E-state index in [9.17, 15) is 4.79 Å². The standard InChI is InChI=1S/C14H14ClNO3/c1-19-11-5-4-9(15)12-8-3-2-7(14(17)18)6-10(8)16-13(11)12/h4-5,7,16H,2-3,6H2,1H3,(H,17,18). The van der Waals surface area contributed by atoms with Gasteiger partial charge in [0.1, 0.15) is 5.75 Å². The van der Waals surface area contributed by atoms with E-state index < -0.39 is 5.97 Å². The van der Waals surface area contributed by atoms with Gasteiger partial charge in [-0.2, -0.15) is 0 Å². The Bertz CT molecular complexity index is 662. The molecule has 5 heteroatoms.